The van der Waals surface area contributed by atoms with Gasteiger partial charge in [0.1, 0.15) is 0 Å². The van der Waals surface area contributed by atoms with E-state index >= 15 is 0 Å². The zero-order chi connectivity index (χ0) is 16.4. The van der Waals surface area contributed by atoms with Crippen LogP contribution < -0.4 is 0 Å². The summed E-state index contributed by atoms with van der Waals surface area (Å²) in [6.45, 7) is 8.49. The van der Waals surface area contributed by atoms with Crippen molar-refractivity contribution in [3.63, 3.8) is 0 Å². The van der Waals surface area contributed by atoms with Gasteiger partial charge in [-0.05, 0) is 67.7 Å². The standard InChI is InChI=1S/C22H23N/c1-15-9-10-17(3)18(4)23-22(12-16(2)11-15)21-13-19-7-5-6-8-20(19)14-21/h5-13H,14H2,1-4H3. The Morgan fingerprint density at radius 3 is 2.39 bits per heavy atom. The van der Waals surface area contributed by atoms with Gasteiger partial charge < -0.3 is 0 Å². The predicted octanol–water partition coefficient (Wildman–Crippen LogP) is 5.54. The zero-order valence-electron chi connectivity index (χ0n) is 14.4. The fourth-order valence-corrected chi connectivity index (χ4v) is 2.95. The van der Waals surface area contributed by atoms with E-state index < -0.39 is 0 Å². The van der Waals surface area contributed by atoms with E-state index in [1.54, 1.807) is 0 Å². The molecule has 2 aromatic rings. The summed E-state index contributed by atoms with van der Waals surface area (Å²) in [7, 11) is 0. The van der Waals surface area contributed by atoms with E-state index in [0.717, 1.165) is 17.8 Å². The first-order valence-electron chi connectivity index (χ1n) is 8.12. The van der Waals surface area contributed by atoms with Crippen LogP contribution in [0, 0.1) is 27.7 Å². The van der Waals surface area contributed by atoms with Crippen LogP contribution in [-0.2, 0) is 6.42 Å². The molecule has 0 atom stereocenters. The van der Waals surface area contributed by atoms with Crippen LogP contribution >= 0.6 is 0 Å². The third kappa shape index (κ3) is 3.50. The van der Waals surface area contributed by atoms with Crippen molar-refractivity contribution in [2.24, 2.45) is 0 Å². The van der Waals surface area contributed by atoms with Gasteiger partial charge in [0.15, 0.2) is 0 Å². The van der Waals surface area contributed by atoms with E-state index in [9.17, 15) is 0 Å². The predicted molar refractivity (Wildman–Crippen MR) is 98.8 cm³/mol. The van der Waals surface area contributed by atoms with Crippen LogP contribution in [0.1, 0.15) is 39.2 Å². The molecule has 116 valence electrons. The lowest BCUT2D eigenvalue weighted by Gasteiger charge is -2.04. The molecule has 1 aliphatic carbocycles. The van der Waals surface area contributed by atoms with Crippen molar-refractivity contribution in [3.05, 3.63) is 87.7 Å². The lowest BCUT2D eigenvalue weighted by atomic mass is 10.1. The number of fused-ring (bicyclic) bond motifs is 1. The summed E-state index contributed by atoms with van der Waals surface area (Å²) in [6.07, 6.45) is 3.24. The van der Waals surface area contributed by atoms with Gasteiger partial charge in [0, 0.05) is 12.1 Å². The summed E-state index contributed by atoms with van der Waals surface area (Å²) >= 11 is 0. The molecular formula is C22H23N. The first-order chi connectivity index (χ1) is 11.0. The normalized spacial score (nSPS) is 12.4. The third-order valence-corrected chi connectivity index (χ3v) is 4.37. The average molecular weight is 301 g/mol. The molecule has 0 bridgehead atoms. The minimum atomic E-state index is 0.962. The van der Waals surface area contributed by atoms with Crippen molar-refractivity contribution in [2.75, 3.05) is 0 Å². The van der Waals surface area contributed by atoms with E-state index in [0.29, 0.717) is 0 Å². The van der Waals surface area contributed by atoms with Gasteiger partial charge in [0.05, 0.1) is 5.69 Å². The van der Waals surface area contributed by atoms with Crippen molar-refractivity contribution in [1.82, 2.24) is 4.98 Å². The van der Waals surface area contributed by atoms with Crippen molar-refractivity contribution in [1.29, 1.82) is 0 Å². The molecule has 0 aliphatic heterocycles. The zero-order valence-corrected chi connectivity index (χ0v) is 14.4. The molecule has 0 amide bonds. The Balaban J connectivity index is 2.18. The van der Waals surface area contributed by atoms with Crippen LogP contribution in [0.5, 0.6) is 0 Å². The van der Waals surface area contributed by atoms with Crippen LogP contribution in [0.3, 0.4) is 0 Å². The monoisotopic (exact) mass is 301 g/mol. The Bertz CT molecular complexity index is 842. The largest absolute Gasteiger partial charge is 0.253 e. The minimum absolute atomic E-state index is 0.962. The Kier molecular flexibility index (Phi) is 4.29. The van der Waals surface area contributed by atoms with Gasteiger partial charge in [-0.1, -0.05) is 48.0 Å². The summed E-state index contributed by atoms with van der Waals surface area (Å²) in [5, 5.41) is 0. The quantitative estimate of drug-likeness (QED) is 0.674. The van der Waals surface area contributed by atoms with Crippen molar-refractivity contribution < 1.29 is 0 Å². The summed E-state index contributed by atoms with van der Waals surface area (Å²) in [4.78, 5) is 4.93. The molecule has 3 rings (SSSR count). The van der Waals surface area contributed by atoms with E-state index in [2.05, 4.69) is 82.3 Å². The van der Waals surface area contributed by atoms with E-state index in [-0.39, 0.29) is 0 Å². The number of aryl methyl sites for hydroxylation is 4. The summed E-state index contributed by atoms with van der Waals surface area (Å²) in [5.41, 5.74) is 9.86. The van der Waals surface area contributed by atoms with Crippen molar-refractivity contribution in [3.8, 4) is 0 Å². The fourth-order valence-electron chi connectivity index (χ4n) is 2.95. The number of benzene rings is 1. The average Bonchev–Trinajstić information content (AvgIpc) is 2.95. The SMILES string of the molecule is Cc1ccc(C)c(C)nc(C2=Cc3ccccc3C2)cc(C)c1. The highest BCUT2D eigenvalue weighted by Crippen LogP contribution is 2.30. The maximum absolute atomic E-state index is 4.93. The fraction of sp³-hybridized carbons (Fsp3) is 0.227. The molecule has 0 saturated heterocycles. The molecule has 1 nitrogen and oxygen atoms in total. The first kappa shape index (κ1) is 15.5. The lowest BCUT2D eigenvalue weighted by Crippen LogP contribution is -1.92. The van der Waals surface area contributed by atoms with Gasteiger partial charge in [-0.25, -0.2) is 0 Å². The number of hydrogen-bond donors (Lipinski definition) is 0. The second-order valence-electron chi connectivity index (χ2n) is 6.42. The summed E-state index contributed by atoms with van der Waals surface area (Å²) in [5.74, 6) is 0. The van der Waals surface area contributed by atoms with Gasteiger partial charge in [0.2, 0.25) is 0 Å². The van der Waals surface area contributed by atoms with Crippen LogP contribution in [-0.4, -0.2) is 4.98 Å². The molecule has 1 aromatic carbocycles. The smallest absolute Gasteiger partial charge is 0.0671 e. The molecule has 1 heterocycles. The van der Waals surface area contributed by atoms with E-state index in [1.165, 1.54) is 33.4 Å². The highest BCUT2D eigenvalue weighted by Gasteiger charge is 2.14. The molecule has 1 aliphatic rings. The molecule has 1 aromatic heterocycles. The Hall–Kier alpha value is -2.41. The number of nitrogens with zero attached hydrogens (tertiary/aromatic N) is 1. The number of aromatic nitrogens is 1. The number of rotatable bonds is 1. The lowest BCUT2D eigenvalue weighted by molar-refractivity contribution is 1.13. The minimum Gasteiger partial charge on any atom is -0.253 e. The maximum atomic E-state index is 4.93. The van der Waals surface area contributed by atoms with Crippen molar-refractivity contribution >= 4 is 11.6 Å². The first-order valence-corrected chi connectivity index (χ1v) is 8.12. The Labute approximate surface area is 139 Å². The second kappa shape index (κ2) is 6.37. The molecule has 0 saturated carbocycles. The molecule has 0 radical (unpaired) electrons. The summed E-state index contributed by atoms with van der Waals surface area (Å²) in [6, 6.07) is 17.3. The van der Waals surface area contributed by atoms with Crippen molar-refractivity contribution in [2.45, 2.75) is 34.1 Å². The Morgan fingerprint density at radius 2 is 1.61 bits per heavy atom. The van der Waals surface area contributed by atoms with Gasteiger partial charge in [-0.15, -0.1) is 0 Å². The van der Waals surface area contributed by atoms with Gasteiger partial charge in [-0.2, -0.15) is 0 Å². The highest BCUT2D eigenvalue weighted by molar-refractivity contribution is 5.87. The molecule has 1 heteroatoms. The van der Waals surface area contributed by atoms with Gasteiger partial charge in [0.25, 0.3) is 0 Å². The number of allylic oxidation sites excluding steroid dienone is 1. The molecule has 0 unspecified atom stereocenters. The van der Waals surface area contributed by atoms with Crippen LogP contribution in [0.2, 0.25) is 0 Å². The van der Waals surface area contributed by atoms with Crippen LogP contribution in [0.4, 0.5) is 0 Å². The van der Waals surface area contributed by atoms with Gasteiger partial charge >= 0.3 is 0 Å². The Morgan fingerprint density at radius 1 is 0.826 bits per heavy atom. The van der Waals surface area contributed by atoms with Gasteiger partial charge in [-0.3, -0.25) is 4.98 Å². The second-order valence-corrected chi connectivity index (χ2v) is 6.42. The molecule has 0 N–H and O–H groups in total. The summed E-state index contributed by atoms with van der Waals surface area (Å²) < 4.78 is 0. The molecule has 23 heavy (non-hydrogen) atoms. The van der Waals surface area contributed by atoms with Crippen LogP contribution in [0.25, 0.3) is 11.6 Å². The maximum Gasteiger partial charge on any atom is 0.0671 e. The van der Waals surface area contributed by atoms with E-state index in [1.807, 2.05) is 0 Å². The molecule has 0 spiro atoms. The number of hydrogen-bond acceptors (Lipinski definition) is 1. The molecule has 0 fully saturated rings. The topological polar surface area (TPSA) is 12.9 Å². The molecular weight excluding hydrogens is 278 g/mol. The van der Waals surface area contributed by atoms with E-state index in [4.69, 9.17) is 4.98 Å². The third-order valence-electron chi connectivity index (χ3n) is 4.37. The highest BCUT2D eigenvalue weighted by atomic mass is 14.7. The van der Waals surface area contributed by atoms with Crippen LogP contribution in [0.15, 0.2) is 48.5 Å².